The second-order valence-electron chi connectivity index (χ2n) is 5.78. The Hall–Kier alpha value is -2.32. The predicted octanol–water partition coefficient (Wildman–Crippen LogP) is -1.61. The van der Waals surface area contributed by atoms with Gasteiger partial charge in [0.05, 0.1) is 11.7 Å². The highest BCUT2D eigenvalue weighted by molar-refractivity contribution is 8.00. The largest absolute Gasteiger partial charge is 0.543 e. The summed E-state index contributed by atoms with van der Waals surface area (Å²) in [5, 5.41) is 13.5. The number of quaternary nitrogens is 1. The van der Waals surface area contributed by atoms with E-state index in [9.17, 15) is 19.5 Å². The highest BCUT2D eigenvalue weighted by Gasteiger charge is 2.52. The summed E-state index contributed by atoms with van der Waals surface area (Å²) in [6, 6.07) is 7.68. The Bertz CT molecular complexity index is 734. The molecule has 3 rings (SSSR count). The molecule has 24 heavy (non-hydrogen) atoms. The third-order valence-electron chi connectivity index (χ3n) is 4.17. The minimum absolute atomic E-state index is 0.0801. The average molecular weight is 347 g/mol. The summed E-state index contributed by atoms with van der Waals surface area (Å²) in [6.45, 7) is 1.66. The summed E-state index contributed by atoms with van der Waals surface area (Å²) in [5.74, 6) is -1.67. The molecule has 1 fully saturated rings. The third kappa shape index (κ3) is 2.67. The topological polar surface area (TPSA) is 117 Å². The van der Waals surface area contributed by atoms with Gasteiger partial charge in [0, 0.05) is 11.3 Å². The van der Waals surface area contributed by atoms with Gasteiger partial charge >= 0.3 is 0 Å². The van der Waals surface area contributed by atoms with E-state index >= 15 is 0 Å². The summed E-state index contributed by atoms with van der Waals surface area (Å²) in [5.41, 5.74) is 5.11. The van der Waals surface area contributed by atoms with E-state index < -0.39 is 29.3 Å². The third-order valence-corrected chi connectivity index (χ3v) is 5.59. The molecule has 4 N–H and O–H groups in total. The number of fused-ring (bicyclic) bond motifs is 1. The zero-order valence-electron chi connectivity index (χ0n) is 13.0. The highest BCUT2D eigenvalue weighted by Crippen LogP contribution is 2.39. The van der Waals surface area contributed by atoms with E-state index in [-0.39, 0.29) is 11.6 Å². The smallest absolute Gasteiger partial charge is 0.283 e. The number of hydrogen-bond donors (Lipinski definition) is 2. The number of rotatable bonds is 4. The number of β-lactam (4-membered cyclic amide) rings is 1. The number of aliphatic carboxylic acids is 1. The van der Waals surface area contributed by atoms with Crippen LogP contribution in [0.3, 0.4) is 0 Å². The van der Waals surface area contributed by atoms with Crippen molar-refractivity contribution in [3.8, 4) is 0 Å². The maximum Gasteiger partial charge on any atom is 0.283 e. The first-order valence-electron chi connectivity index (χ1n) is 7.46. The molecule has 8 heteroatoms. The van der Waals surface area contributed by atoms with Crippen LogP contribution in [-0.4, -0.2) is 39.9 Å². The van der Waals surface area contributed by atoms with Gasteiger partial charge in [-0.3, -0.25) is 14.5 Å². The first kappa shape index (κ1) is 16.5. The Morgan fingerprint density at radius 2 is 2.04 bits per heavy atom. The molecule has 3 atom stereocenters. The number of thioether (sulfide) groups is 1. The van der Waals surface area contributed by atoms with Crippen molar-refractivity contribution in [3.63, 3.8) is 0 Å². The molecule has 2 aliphatic heterocycles. The number of carboxylic acids is 1. The van der Waals surface area contributed by atoms with Crippen molar-refractivity contribution < 1.29 is 25.2 Å². The number of carboxylic acid groups (broad SMARTS) is 1. The monoisotopic (exact) mass is 347 g/mol. The van der Waals surface area contributed by atoms with E-state index in [0.29, 0.717) is 11.3 Å². The van der Waals surface area contributed by atoms with Crippen molar-refractivity contribution in [2.24, 2.45) is 0 Å². The first-order chi connectivity index (χ1) is 11.4. The zero-order valence-corrected chi connectivity index (χ0v) is 13.8. The van der Waals surface area contributed by atoms with Crippen LogP contribution in [0, 0.1) is 0 Å². The van der Waals surface area contributed by atoms with Crippen LogP contribution < -0.4 is 16.2 Å². The van der Waals surface area contributed by atoms with Gasteiger partial charge < -0.3 is 21.0 Å². The van der Waals surface area contributed by atoms with Gasteiger partial charge in [-0.25, -0.2) is 0 Å². The van der Waals surface area contributed by atoms with Crippen molar-refractivity contribution in [1.29, 1.82) is 0 Å². The predicted molar refractivity (Wildman–Crippen MR) is 84.8 cm³/mol. The summed E-state index contributed by atoms with van der Waals surface area (Å²) in [6.07, 6.45) is 0. The molecule has 0 radical (unpaired) electrons. The Kier molecular flexibility index (Phi) is 4.33. The lowest BCUT2D eigenvalue weighted by Gasteiger charge is -2.50. The van der Waals surface area contributed by atoms with Crippen molar-refractivity contribution in [3.05, 3.63) is 47.2 Å². The van der Waals surface area contributed by atoms with Crippen LogP contribution in [0.4, 0.5) is 0 Å². The zero-order chi connectivity index (χ0) is 17.4. The van der Waals surface area contributed by atoms with Crippen LogP contribution >= 0.6 is 11.8 Å². The minimum atomic E-state index is -1.37. The van der Waals surface area contributed by atoms with Gasteiger partial charge in [-0.05, 0) is 12.5 Å². The van der Waals surface area contributed by atoms with Gasteiger partial charge in [-0.1, -0.05) is 30.3 Å². The van der Waals surface area contributed by atoms with E-state index in [1.54, 1.807) is 19.1 Å². The summed E-state index contributed by atoms with van der Waals surface area (Å²) in [4.78, 5) is 37.1. The van der Waals surface area contributed by atoms with Crippen LogP contribution in [0.2, 0.25) is 0 Å². The van der Waals surface area contributed by atoms with Crippen LogP contribution in [-0.2, 0) is 14.4 Å². The van der Waals surface area contributed by atoms with Crippen molar-refractivity contribution in [1.82, 2.24) is 10.2 Å². The molecular weight excluding hydrogens is 330 g/mol. The highest BCUT2D eigenvalue weighted by atomic mass is 32.2. The second kappa shape index (κ2) is 6.29. The van der Waals surface area contributed by atoms with Gasteiger partial charge in [-0.15, -0.1) is 11.8 Å². The summed E-state index contributed by atoms with van der Waals surface area (Å²) < 4.78 is 0. The minimum Gasteiger partial charge on any atom is -0.543 e. The fourth-order valence-electron chi connectivity index (χ4n) is 2.85. The molecule has 0 spiro atoms. The molecule has 126 valence electrons. The molecule has 1 aromatic rings. The molecular formula is C16H17N3O4S. The molecule has 2 amide bonds. The number of nitrogens with one attached hydrogen (secondary N) is 1. The number of amides is 2. The Morgan fingerprint density at radius 1 is 1.38 bits per heavy atom. The molecule has 0 aromatic heterocycles. The van der Waals surface area contributed by atoms with Gasteiger partial charge in [0.15, 0.2) is 6.04 Å². The molecule has 0 unspecified atom stereocenters. The Morgan fingerprint density at radius 3 is 2.67 bits per heavy atom. The molecule has 7 nitrogen and oxygen atoms in total. The van der Waals surface area contributed by atoms with Gasteiger partial charge in [0.1, 0.15) is 11.4 Å². The van der Waals surface area contributed by atoms with E-state index in [4.69, 9.17) is 0 Å². The SMILES string of the molecule is CC1=C(C(=O)[O-])N2C(=O)[C@H](NC(=O)[C@H]([NH3+])c3ccccc3)[C@@H]2SC1. The molecule has 0 saturated carbocycles. The van der Waals surface area contributed by atoms with E-state index in [1.165, 1.54) is 16.7 Å². The summed E-state index contributed by atoms with van der Waals surface area (Å²) >= 11 is 1.42. The lowest BCUT2D eigenvalue weighted by molar-refractivity contribution is -0.409. The van der Waals surface area contributed by atoms with Crippen molar-refractivity contribution in [2.75, 3.05) is 5.75 Å². The fourth-order valence-corrected chi connectivity index (χ4v) is 4.15. The normalized spacial score (nSPS) is 24.1. The number of carbonyl (C=O) groups excluding carboxylic acids is 3. The lowest BCUT2D eigenvalue weighted by atomic mass is 10.0. The molecule has 1 saturated heterocycles. The van der Waals surface area contributed by atoms with E-state index in [0.717, 1.165) is 5.56 Å². The van der Waals surface area contributed by atoms with Gasteiger partial charge in [0.2, 0.25) is 0 Å². The van der Waals surface area contributed by atoms with Crippen LogP contribution in [0.15, 0.2) is 41.6 Å². The van der Waals surface area contributed by atoms with Crippen LogP contribution in [0.25, 0.3) is 0 Å². The fraction of sp³-hybridized carbons (Fsp3) is 0.312. The number of hydrogen-bond acceptors (Lipinski definition) is 5. The van der Waals surface area contributed by atoms with E-state index in [2.05, 4.69) is 11.1 Å². The Balaban J connectivity index is 1.71. The molecule has 2 aliphatic rings. The van der Waals surface area contributed by atoms with E-state index in [1.807, 2.05) is 18.2 Å². The maximum absolute atomic E-state index is 12.4. The van der Waals surface area contributed by atoms with Gasteiger partial charge in [0.25, 0.3) is 11.8 Å². The number of carbonyl (C=O) groups is 3. The van der Waals surface area contributed by atoms with Crippen molar-refractivity contribution in [2.45, 2.75) is 24.4 Å². The van der Waals surface area contributed by atoms with Crippen LogP contribution in [0.1, 0.15) is 18.5 Å². The summed E-state index contributed by atoms with van der Waals surface area (Å²) in [7, 11) is 0. The maximum atomic E-state index is 12.4. The Labute approximate surface area is 142 Å². The molecule has 0 aliphatic carbocycles. The quantitative estimate of drug-likeness (QED) is 0.636. The standard InChI is InChI=1S/C16H17N3O4S/c1-8-7-24-15-11(14(21)19(15)12(8)16(22)23)18-13(20)10(17)9-5-3-2-4-6-9/h2-6,10-11,15H,7,17H2,1H3,(H,18,20)(H,22,23)/t10-,11+,15+/m1/s1. The molecule has 2 heterocycles. The number of nitrogens with zero attached hydrogens (tertiary/aromatic N) is 1. The van der Waals surface area contributed by atoms with Crippen LogP contribution in [0.5, 0.6) is 0 Å². The average Bonchev–Trinajstić information content (AvgIpc) is 2.59. The molecule has 0 bridgehead atoms. The molecule has 1 aromatic carbocycles. The van der Waals surface area contributed by atoms with Gasteiger partial charge in [-0.2, -0.15) is 0 Å². The first-order valence-corrected chi connectivity index (χ1v) is 8.51. The second-order valence-corrected chi connectivity index (χ2v) is 6.88. The number of benzene rings is 1. The lowest BCUT2D eigenvalue weighted by Crippen LogP contribution is -2.73. The van der Waals surface area contributed by atoms with Crippen molar-refractivity contribution >= 4 is 29.5 Å².